The maximum absolute atomic E-state index is 14.9. The van der Waals surface area contributed by atoms with Crippen molar-refractivity contribution < 1.29 is 13.2 Å². The van der Waals surface area contributed by atoms with Crippen LogP contribution in [-0.4, -0.2) is 29.1 Å². The van der Waals surface area contributed by atoms with Gasteiger partial charge in [-0.1, -0.05) is 54.6 Å². The molecule has 0 aliphatic carbocycles. The van der Waals surface area contributed by atoms with E-state index in [9.17, 15) is 18.4 Å². The minimum atomic E-state index is -4.66. The summed E-state index contributed by atoms with van der Waals surface area (Å²) in [7, 11) is 0. The number of hydrogen-bond donors (Lipinski definition) is 0. The van der Waals surface area contributed by atoms with E-state index in [0.29, 0.717) is 28.6 Å². The normalized spacial score (nSPS) is 11.8. The summed E-state index contributed by atoms with van der Waals surface area (Å²) in [5, 5.41) is 14.5. The molecule has 0 saturated carbocycles. The van der Waals surface area contributed by atoms with Crippen LogP contribution in [-0.2, 0) is 6.18 Å². The van der Waals surface area contributed by atoms with Crippen LogP contribution in [0.2, 0.25) is 0 Å². The lowest BCUT2D eigenvalue weighted by Crippen LogP contribution is -2.09. The minimum absolute atomic E-state index is 0.00902. The third kappa shape index (κ3) is 5.21. The molecule has 0 aliphatic rings. The maximum Gasteiger partial charge on any atom is 0.417 e. The van der Waals surface area contributed by atoms with Gasteiger partial charge in [-0.15, -0.1) is 0 Å². The largest absolute Gasteiger partial charge is 0.417 e. The van der Waals surface area contributed by atoms with E-state index < -0.39 is 11.7 Å². The molecule has 0 fully saturated rings. The summed E-state index contributed by atoms with van der Waals surface area (Å²) in [6, 6.07) is 42.2. The highest BCUT2D eigenvalue weighted by Crippen LogP contribution is 2.45. The number of para-hydroxylation sites is 2. The van der Waals surface area contributed by atoms with Gasteiger partial charge in [0, 0.05) is 63.0 Å². The third-order valence-corrected chi connectivity index (χ3v) is 10.2. The number of nitrogens with zero attached hydrogens (tertiary/aromatic N) is 7. The summed E-state index contributed by atoms with van der Waals surface area (Å²) >= 11 is 0. The number of alkyl halides is 3. The van der Waals surface area contributed by atoms with Crippen molar-refractivity contribution in [2.75, 3.05) is 0 Å². The summed E-state index contributed by atoms with van der Waals surface area (Å²) in [4.78, 5) is 17.8. The minimum Gasteiger partial charge on any atom is -0.309 e. The van der Waals surface area contributed by atoms with E-state index in [0.717, 1.165) is 60.8 Å². The zero-order valence-corrected chi connectivity index (χ0v) is 29.3. The van der Waals surface area contributed by atoms with Crippen molar-refractivity contribution >= 4 is 43.6 Å². The number of benzene rings is 6. The lowest BCUT2D eigenvalue weighted by atomic mass is 9.95. The first-order valence-corrected chi connectivity index (χ1v) is 17.8. The van der Waals surface area contributed by atoms with Gasteiger partial charge in [0.05, 0.1) is 44.6 Å². The van der Waals surface area contributed by atoms with Gasteiger partial charge in [-0.25, -0.2) is 19.9 Å². The van der Waals surface area contributed by atoms with Crippen LogP contribution >= 0.6 is 0 Å². The molecule has 10 rings (SSSR count). The molecule has 6 aromatic carbocycles. The highest BCUT2D eigenvalue weighted by Gasteiger charge is 2.34. The average molecular weight is 734 g/mol. The van der Waals surface area contributed by atoms with Crippen LogP contribution in [0.5, 0.6) is 0 Å². The predicted molar refractivity (Wildman–Crippen MR) is 212 cm³/mol. The fourth-order valence-corrected chi connectivity index (χ4v) is 7.86. The van der Waals surface area contributed by atoms with E-state index in [-0.39, 0.29) is 11.1 Å². The Morgan fingerprint density at radius 1 is 0.464 bits per heavy atom. The molecule has 0 unspecified atom stereocenters. The van der Waals surface area contributed by atoms with Crippen molar-refractivity contribution in [1.82, 2.24) is 29.1 Å². The second kappa shape index (κ2) is 12.7. The zero-order valence-electron chi connectivity index (χ0n) is 29.3. The van der Waals surface area contributed by atoms with Crippen LogP contribution < -0.4 is 0 Å². The summed E-state index contributed by atoms with van der Waals surface area (Å²) in [6.45, 7) is 0. The van der Waals surface area contributed by atoms with Crippen LogP contribution in [0.3, 0.4) is 0 Å². The molecule has 0 saturated heterocycles. The Morgan fingerprint density at radius 2 is 0.946 bits per heavy atom. The summed E-state index contributed by atoms with van der Waals surface area (Å²) in [6.07, 6.45) is 2.07. The molecule has 4 aromatic heterocycles. The van der Waals surface area contributed by atoms with E-state index in [1.165, 1.54) is 12.1 Å². The second-order valence-corrected chi connectivity index (χ2v) is 13.4. The topological polar surface area (TPSA) is 85.2 Å². The SMILES string of the molecule is N#Cc1cc(-n2c3ccccc3c3cc(-c4ncccn4)ccc32)c(-c2ccccc2C(F)(F)F)cc1-n1c2ccccc2c2cc(-c3ncccn3)ccc21. The Bertz CT molecular complexity index is 3200. The first kappa shape index (κ1) is 33.0. The molecule has 266 valence electrons. The first-order valence-electron chi connectivity index (χ1n) is 17.8. The number of rotatable bonds is 5. The Balaban J connectivity index is 1.30. The molecule has 10 aromatic rings. The molecular weight excluding hydrogens is 708 g/mol. The Morgan fingerprint density at radius 3 is 1.48 bits per heavy atom. The van der Waals surface area contributed by atoms with Crippen molar-refractivity contribution in [2.45, 2.75) is 6.18 Å². The van der Waals surface area contributed by atoms with Crippen LogP contribution in [0.25, 0.3) is 88.9 Å². The lowest BCUT2D eigenvalue weighted by Gasteiger charge is -2.21. The van der Waals surface area contributed by atoms with E-state index in [4.69, 9.17) is 0 Å². The van der Waals surface area contributed by atoms with E-state index >= 15 is 0 Å². The van der Waals surface area contributed by atoms with Crippen molar-refractivity contribution in [3.63, 3.8) is 0 Å². The monoisotopic (exact) mass is 733 g/mol. The van der Waals surface area contributed by atoms with Crippen LogP contribution in [0.1, 0.15) is 11.1 Å². The molecule has 0 radical (unpaired) electrons. The molecule has 7 nitrogen and oxygen atoms in total. The summed E-state index contributed by atoms with van der Waals surface area (Å²) in [5.41, 5.74) is 5.37. The first-order chi connectivity index (χ1) is 27.4. The number of hydrogen-bond acceptors (Lipinski definition) is 5. The molecule has 0 amide bonds. The third-order valence-electron chi connectivity index (χ3n) is 10.2. The van der Waals surface area contributed by atoms with Gasteiger partial charge in [0.2, 0.25) is 0 Å². The van der Waals surface area contributed by atoms with Gasteiger partial charge in [-0.2, -0.15) is 18.4 Å². The molecular formula is C46H26F3N7. The molecule has 56 heavy (non-hydrogen) atoms. The molecule has 0 atom stereocenters. The van der Waals surface area contributed by atoms with E-state index in [1.807, 2.05) is 94.1 Å². The smallest absolute Gasteiger partial charge is 0.309 e. The zero-order chi connectivity index (χ0) is 38.0. The quantitative estimate of drug-likeness (QED) is 0.176. The van der Waals surface area contributed by atoms with Crippen molar-refractivity contribution in [2.24, 2.45) is 0 Å². The fourth-order valence-electron chi connectivity index (χ4n) is 7.86. The van der Waals surface area contributed by atoms with Crippen LogP contribution in [0, 0.1) is 11.3 Å². The van der Waals surface area contributed by atoms with Gasteiger partial charge in [0.15, 0.2) is 11.6 Å². The average Bonchev–Trinajstić information content (AvgIpc) is 3.75. The van der Waals surface area contributed by atoms with Gasteiger partial charge in [0.1, 0.15) is 6.07 Å². The van der Waals surface area contributed by atoms with Crippen LogP contribution in [0.15, 0.2) is 158 Å². The van der Waals surface area contributed by atoms with Crippen molar-refractivity contribution in [1.29, 1.82) is 5.26 Å². The van der Waals surface area contributed by atoms with Crippen LogP contribution in [0.4, 0.5) is 13.2 Å². The van der Waals surface area contributed by atoms with Crippen molar-refractivity contribution in [3.8, 4) is 51.3 Å². The Hall–Kier alpha value is -7.64. The predicted octanol–water partition coefficient (Wildman–Crippen LogP) is 11.4. The van der Waals surface area contributed by atoms with Gasteiger partial charge in [-0.3, -0.25) is 0 Å². The van der Waals surface area contributed by atoms with Crippen molar-refractivity contribution in [3.05, 3.63) is 169 Å². The molecule has 0 bridgehead atoms. The number of fused-ring (bicyclic) bond motifs is 6. The lowest BCUT2D eigenvalue weighted by molar-refractivity contribution is -0.137. The van der Waals surface area contributed by atoms with Gasteiger partial charge < -0.3 is 9.13 Å². The maximum atomic E-state index is 14.9. The second-order valence-electron chi connectivity index (χ2n) is 13.4. The van der Waals surface area contributed by atoms with Gasteiger partial charge in [0.25, 0.3) is 0 Å². The Labute approximate surface area is 317 Å². The van der Waals surface area contributed by atoms with E-state index in [1.54, 1.807) is 55.1 Å². The number of aromatic nitrogens is 6. The fraction of sp³-hybridized carbons (Fsp3) is 0.0217. The summed E-state index contributed by atoms with van der Waals surface area (Å²) in [5.74, 6) is 1.12. The van der Waals surface area contributed by atoms with E-state index in [2.05, 4.69) is 26.0 Å². The summed E-state index contributed by atoms with van der Waals surface area (Å²) < 4.78 is 48.7. The van der Waals surface area contributed by atoms with Gasteiger partial charge >= 0.3 is 6.18 Å². The molecule has 4 heterocycles. The highest BCUT2D eigenvalue weighted by molar-refractivity contribution is 6.12. The molecule has 0 spiro atoms. The standard InChI is InChI=1S/C46H26F3N7/c47-46(48,49)37-12-4-1-9-31(37)36-26-42(55-38-13-5-2-10-32(38)34-23-28(15-17-40(34)55)44-51-19-7-20-52-44)30(27-50)25-43(36)56-39-14-6-3-11-33(39)35-24-29(16-18-41(35)56)45-53-21-8-22-54-45/h1-26H. The highest BCUT2D eigenvalue weighted by atomic mass is 19.4. The number of halogens is 3. The number of nitriles is 1. The van der Waals surface area contributed by atoms with Gasteiger partial charge in [-0.05, 0) is 84.4 Å². The Kier molecular flexibility index (Phi) is 7.50. The molecule has 0 aliphatic heterocycles. The molecule has 10 heteroatoms. The molecule has 0 N–H and O–H groups in total.